The average Bonchev–Trinajstić information content (AvgIpc) is 3.15. The molecule has 3 heterocycles. The molecule has 0 spiro atoms. The van der Waals surface area contributed by atoms with Gasteiger partial charge in [0, 0.05) is 6.42 Å². The monoisotopic (exact) mass is 462 g/mol. The highest BCUT2D eigenvalue weighted by Gasteiger charge is 2.15. The van der Waals surface area contributed by atoms with Gasteiger partial charge in [-0.2, -0.15) is 0 Å². The minimum atomic E-state index is -0.625. The molecule has 3 aromatic heterocycles. The molecule has 11 heteroatoms. The molecular weight excluding hydrogens is 444 g/mol. The predicted octanol–water partition coefficient (Wildman–Crippen LogP) is 2.41. The first-order valence-electron chi connectivity index (χ1n) is 9.94. The fourth-order valence-electron chi connectivity index (χ4n) is 3.41. The van der Waals surface area contributed by atoms with E-state index in [0.717, 1.165) is 16.1 Å². The summed E-state index contributed by atoms with van der Waals surface area (Å²) in [6.07, 6.45) is 2.11. The Morgan fingerprint density at radius 2 is 1.85 bits per heavy atom. The smallest absolute Gasteiger partial charge is 0.267 e. The molecule has 33 heavy (non-hydrogen) atoms. The van der Waals surface area contributed by atoms with Crippen LogP contribution in [0.25, 0.3) is 22.1 Å². The Morgan fingerprint density at radius 3 is 2.55 bits per heavy atom. The van der Waals surface area contributed by atoms with Crippen LogP contribution in [-0.4, -0.2) is 35.5 Å². The van der Waals surface area contributed by atoms with Gasteiger partial charge in [0.15, 0.2) is 5.82 Å². The normalized spacial score (nSPS) is 10.7. The van der Waals surface area contributed by atoms with Crippen LogP contribution in [0.2, 0.25) is 5.02 Å². The van der Waals surface area contributed by atoms with Crippen LogP contribution < -0.4 is 17.0 Å². The molecule has 0 fully saturated rings. The standard InChI is InChI=1S/C16H13ClN2O.C6H6N6O/c1-2-14-18-13-10-6-9-12(17)15(13)16(20)19(14)11-7-4-3-5-8-11;7-5-4(6(8)13)3-1-2-9-11-12(3)10-5/h3-10H,2H2,1H3;1-2H,(H2,7,10)(H2,8,13). The van der Waals surface area contributed by atoms with Crippen molar-refractivity contribution in [2.24, 2.45) is 5.73 Å². The maximum absolute atomic E-state index is 12.8. The summed E-state index contributed by atoms with van der Waals surface area (Å²) in [5.41, 5.74) is 12.5. The number of benzene rings is 2. The number of hydrogen-bond acceptors (Lipinski definition) is 7. The Bertz CT molecular complexity index is 1530. The number of halogens is 1. The van der Waals surface area contributed by atoms with Crippen molar-refractivity contribution in [3.05, 3.63) is 87.6 Å². The van der Waals surface area contributed by atoms with Crippen LogP contribution in [0.3, 0.4) is 0 Å². The maximum atomic E-state index is 12.8. The fraction of sp³-hybridized carbons (Fsp3) is 0.0909. The lowest BCUT2D eigenvalue weighted by Crippen LogP contribution is -2.23. The van der Waals surface area contributed by atoms with Crippen LogP contribution >= 0.6 is 11.6 Å². The number of aryl methyl sites for hydroxylation is 1. The Kier molecular flexibility index (Phi) is 6.01. The number of nitrogens with two attached hydrogens (primary N) is 2. The van der Waals surface area contributed by atoms with E-state index in [1.807, 2.05) is 49.4 Å². The van der Waals surface area contributed by atoms with Crippen LogP contribution in [0.5, 0.6) is 0 Å². The molecule has 0 radical (unpaired) electrons. The van der Waals surface area contributed by atoms with Crippen LogP contribution in [-0.2, 0) is 6.42 Å². The van der Waals surface area contributed by atoms with Crippen molar-refractivity contribution in [2.45, 2.75) is 13.3 Å². The van der Waals surface area contributed by atoms with Gasteiger partial charge in [-0.05, 0) is 35.5 Å². The number of carbonyl (C=O) groups excluding carboxylic acids is 1. The zero-order valence-electron chi connectivity index (χ0n) is 17.5. The molecule has 166 valence electrons. The highest BCUT2D eigenvalue weighted by molar-refractivity contribution is 6.35. The van der Waals surface area contributed by atoms with E-state index < -0.39 is 5.91 Å². The molecule has 10 nitrogen and oxygen atoms in total. The lowest BCUT2D eigenvalue weighted by atomic mass is 10.2. The third-order valence-electron chi connectivity index (χ3n) is 4.86. The highest BCUT2D eigenvalue weighted by atomic mass is 35.5. The summed E-state index contributed by atoms with van der Waals surface area (Å²) in [5, 5.41) is 11.8. The van der Waals surface area contributed by atoms with Gasteiger partial charge < -0.3 is 11.5 Å². The number of nitrogens with zero attached hydrogens (tertiary/aromatic N) is 6. The van der Waals surface area contributed by atoms with E-state index in [1.165, 1.54) is 6.20 Å². The van der Waals surface area contributed by atoms with E-state index in [9.17, 15) is 9.59 Å². The van der Waals surface area contributed by atoms with Gasteiger partial charge in [-0.3, -0.25) is 14.2 Å². The summed E-state index contributed by atoms with van der Waals surface area (Å²) in [4.78, 5) is 28.3. The van der Waals surface area contributed by atoms with E-state index in [2.05, 4.69) is 20.4 Å². The number of rotatable bonds is 3. The van der Waals surface area contributed by atoms with Crippen LogP contribution in [0, 0.1) is 0 Å². The average molecular weight is 463 g/mol. The number of carbonyl (C=O) groups is 1. The molecule has 0 atom stereocenters. The van der Waals surface area contributed by atoms with Gasteiger partial charge in [-0.25, -0.2) is 4.98 Å². The SMILES string of the molecule is CCc1nc2cccc(Cl)c2c(=O)n1-c1ccccc1.NC(=O)c1c(N)nn2nnccc12. The molecule has 5 aromatic rings. The maximum Gasteiger partial charge on any atom is 0.267 e. The minimum absolute atomic E-state index is 0.0630. The molecule has 0 unspecified atom stereocenters. The Labute approximate surface area is 192 Å². The minimum Gasteiger partial charge on any atom is -0.381 e. The summed E-state index contributed by atoms with van der Waals surface area (Å²) in [5.74, 6) is 0.171. The lowest BCUT2D eigenvalue weighted by molar-refractivity contribution is 0.100. The van der Waals surface area contributed by atoms with E-state index in [1.54, 1.807) is 16.7 Å². The number of nitrogen functional groups attached to an aromatic ring is 1. The molecule has 0 saturated heterocycles. The Balaban J connectivity index is 0.000000172. The molecule has 1 amide bonds. The molecule has 0 saturated carbocycles. The topological polar surface area (TPSA) is 147 Å². The molecule has 2 aromatic carbocycles. The molecule has 4 N–H and O–H groups in total. The van der Waals surface area contributed by atoms with Crippen molar-refractivity contribution < 1.29 is 4.79 Å². The van der Waals surface area contributed by atoms with Gasteiger partial charge >= 0.3 is 0 Å². The van der Waals surface area contributed by atoms with E-state index in [-0.39, 0.29) is 16.9 Å². The first-order chi connectivity index (χ1) is 15.9. The van der Waals surface area contributed by atoms with Gasteiger partial charge in [-0.1, -0.05) is 42.8 Å². The third kappa shape index (κ3) is 4.11. The number of anilines is 1. The van der Waals surface area contributed by atoms with Gasteiger partial charge in [-0.15, -0.1) is 14.8 Å². The molecular formula is C22H19ClN8O2. The summed E-state index contributed by atoms with van der Waals surface area (Å²) in [7, 11) is 0. The first-order valence-corrected chi connectivity index (χ1v) is 10.3. The molecule has 5 rings (SSSR count). The van der Waals surface area contributed by atoms with Gasteiger partial charge in [0.2, 0.25) is 0 Å². The van der Waals surface area contributed by atoms with Crippen molar-refractivity contribution in [1.82, 2.24) is 29.6 Å². The lowest BCUT2D eigenvalue weighted by Gasteiger charge is -2.12. The van der Waals surface area contributed by atoms with Gasteiger partial charge in [0.1, 0.15) is 16.9 Å². The summed E-state index contributed by atoms with van der Waals surface area (Å²) in [6, 6.07) is 16.4. The van der Waals surface area contributed by atoms with Crippen LogP contribution in [0.4, 0.5) is 5.82 Å². The highest BCUT2D eigenvalue weighted by Crippen LogP contribution is 2.20. The fourth-order valence-corrected chi connectivity index (χ4v) is 3.66. The molecule has 0 aliphatic carbocycles. The van der Waals surface area contributed by atoms with E-state index >= 15 is 0 Å². The van der Waals surface area contributed by atoms with Gasteiger partial charge in [0.05, 0.1) is 27.8 Å². The number of primary amides is 1. The predicted molar refractivity (Wildman–Crippen MR) is 125 cm³/mol. The van der Waals surface area contributed by atoms with Crippen molar-refractivity contribution in [2.75, 3.05) is 5.73 Å². The molecule has 0 bridgehead atoms. The van der Waals surface area contributed by atoms with Crippen molar-refractivity contribution >= 4 is 39.7 Å². The number of hydrogen-bond donors (Lipinski definition) is 2. The van der Waals surface area contributed by atoms with E-state index in [0.29, 0.717) is 27.9 Å². The molecule has 0 aliphatic heterocycles. The summed E-state index contributed by atoms with van der Waals surface area (Å²) in [6.45, 7) is 1.98. The van der Waals surface area contributed by atoms with Gasteiger partial charge in [0.25, 0.3) is 11.5 Å². The first kappa shape index (κ1) is 21.9. The van der Waals surface area contributed by atoms with Crippen molar-refractivity contribution in [1.29, 1.82) is 0 Å². The Hall–Kier alpha value is -4.31. The molecule has 0 aliphatic rings. The number of fused-ring (bicyclic) bond motifs is 2. The van der Waals surface area contributed by atoms with Crippen LogP contribution in [0.15, 0.2) is 65.6 Å². The second-order valence-corrected chi connectivity index (χ2v) is 7.32. The third-order valence-corrected chi connectivity index (χ3v) is 5.17. The number of amides is 1. The second-order valence-electron chi connectivity index (χ2n) is 6.91. The van der Waals surface area contributed by atoms with Crippen molar-refractivity contribution in [3.8, 4) is 5.69 Å². The quantitative estimate of drug-likeness (QED) is 0.418. The summed E-state index contributed by atoms with van der Waals surface area (Å²) >= 11 is 6.16. The number of para-hydroxylation sites is 1. The largest absolute Gasteiger partial charge is 0.381 e. The van der Waals surface area contributed by atoms with E-state index in [4.69, 9.17) is 23.1 Å². The zero-order valence-corrected chi connectivity index (χ0v) is 18.3. The zero-order chi connectivity index (χ0) is 23.5. The van der Waals surface area contributed by atoms with Crippen LogP contribution in [0.1, 0.15) is 23.1 Å². The number of aromatic nitrogens is 6. The summed E-state index contributed by atoms with van der Waals surface area (Å²) < 4.78 is 2.80. The second kappa shape index (κ2) is 9.05. The van der Waals surface area contributed by atoms with Crippen molar-refractivity contribution in [3.63, 3.8) is 0 Å². The Morgan fingerprint density at radius 1 is 1.09 bits per heavy atom.